The van der Waals surface area contributed by atoms with Gasteiger partial charge < -0.3 is 5.53 Å². The van der Waals surface area contributed by atoms with Crippen molar-refractivity contribution < 1.29 is 48.0 Å². The predicted octanol–water partition coefficient (Wildman–Crippen LogP) is 3.56. The van der Waals surface area contributed by atoms with Crippen molar-refractivity contribution in [1.82, 2.24) is 0 Å². The zero-order chi connectivity index (χ0) is 22.3. The lowest BCUT2D eigenvalue weighted by atomic mass is 10.2. The monoisotopic (exact) mass is 458 g/mol. The second-order valence-corrected chi connectivity index (χ2v) is 9.41. The maximum absolute atomic E-state index is 12.8. The molecule has 0 atom stereocenters. The standard InChI is InChI=1S/C15H8F6N2O4S2/c16-14(17,18)9-3-1-5-11(7-9)28(24,25)13(23-22)29(26,27)12-6-2-4-10(8-12)15(19,20)21/h1-8H. The van der Waals surface area contributed by atoms with E-state index in [4.69, 9.17) is 5.53 Å². The third-order valence-corrected chi connectivity index (χ3v) is 7.63. The van der Waals surface area contributed by atoms with E-state index in [0.717, 1.165) is 0 Å². The first kappa shape index (κ1) is 22.6. The third-order valence-electron chi connectivity index (χ3n) is 3.48. The van der Waals surface area contributed by atoms with Crippen LogP contribution in [0.5, 0.6) is 0 Å². The lowest BCUT2D eigenvalue weighted by Crippen LogP contribution is -2.27. The zero-order valence-electron chi connectivity index (χ0n) is 13.7. The van der Waals surface area contributed by atoms with E-state index < -0.39 is 57.3 Å². The van der Waals surface area contributed by atoms with Crippen molar-refractivity contribution in [2.45, 2.75) is 22.1 Å². The van der Waals surface area contributed by atoms with Crippen molar-refractivity contribution in [1.29, 1.82) is 0 Å². The van der Waals surface area contributed by atoms with E-state index in [-0.39, 0.29) is 12.1 Å². The van der Waals surface area contributed by atoms with E-state index in [9.17, 15) is 43.2 Å². The van der Waals surface area contributed by atoms with E-state index in [0.29, 0.717) is 36.4 Å². The van der Waals surface area contributed by atoms with Gasteiger partial charge in [-0.3, -0.25) is 0 Å². The van der Waals surface area contributed by atoms with Crippen molar-refractivity contribution in [3.63, 3.8) is 0 Å². The topological polar surface area (TPSA) is 105 Å². The van der Waals surface area contributed by atoms with E-state index in [1.165, 1.54) is 0 Å². The molecule has 0 amide bonds. The summed E-state index contributed by atoms with van der Waals surface area (Å²) in [5.41, 5.74) is 6.09. The fourth-order valence-electron chi connectivity index (χ4n) is 2.13. The normalized spacial score (nSPS) is 13.0. The molecule has 156 valence electrons. The fraction of sp³-hybridized carbons (Fsp3) is 0.133. The smallest absolute Gasteiger partial charge is 0.359 e. The van der Waals surface area contributed by atoms with Gasteiger partial charge in [-0.05, 0) is 36.4 Å². The van der Waals surface area contributed by atoms with Gasteiger partial charge in [0.05, 0.1) is 20.9 Å². The van der Waals surface area contributed by atoms with Crippen LogP contribution in [0.15, 0.2) is 58.3 Å². The van der Waals surface area contributed by atoms with Crippen LogP contribution in [0.1, 0.15) is 11.1 Å². The molecule has 0 aliphatic rings. The van der Waals surface area contributed by atoms with Crippen LogP contribution in [-0.2, 0) is 32.0 Å². The fourth-order valence-corrected chi connectivity index (χ4v) is 5.56. The van der Waals surface area contributed by atoms with Gasteiger partial charge >= 0.3 is 16.7 Å². The molecule has 0 unspecified atom stereocenters. The summed E-state index contributed by atoms with van der Waals surface area (Å²) in [5.74, 6) is 0. The van der Waals surface area contributed by atoms with Crippen LogP contribution in [-0.4, -0.2) is 26.0 Å². The molecular weight excluding hydrogens is 450 g/mol. The molecule has 0 radical (unpaired) electrons. The average molecular weight is 458 g/mol. The molecule has 0 fully saturated rings. The van der Waals surface area contributed by atoms with Crippen molar-refractivity contribution in [2.75, 3.05) is 0 Å². The Labute approximate surface area is 159 Å². The largest absolute Gasteiger partial charge is 0.504 e. The molecule has 0 bridgehead atoms. The number of nitrogens with zero attached hydrogens (tertiary/aromatic N) is 2. The van der Waals surface area contributed by atoms with Crippen molar-refractivity contribution in [3.8, 4) is 0 Å². The van der Waals surface area contributed by atoms with Gasteiger partial charge in [0.25, 0.3) is 19.7 Å². The van der Waals surface area contributed by atoms with E-state index >= 15 is 0 Å². The number of benzene rings is 2. The number of rotatable bonds is 2. The second kappa shape index (κ2) is 7.28. The number of hydrogen-bond acceptors (Lipinski definition) is 4. The SMILES string of the molecule is [N-]=[N+]=C(S(=O)(=O)c1cccc(C(F)(F)F)c1)S(=O)(=O)c1cccc(C(F)(F)F)c1. The van der Waals surface area contributed by atoms with Gasteiger partial charge in [0.2, 0.25) is 0 Å². The van der Waals surface area contributed by atoms with Gasteiger partial charge in [-0.15, -0.1) is 4.79 Å². The summed E-state index contributed by atoms with van der Waals surface area (Å²) in [7, 11) is -10.7. The number of hydrogen-bond donors (Lipinski definition) is 0. The lowest BCUT2D eigenvalue weighted by Gasteiger charge is -2.09. The molecule has 0 saturated heterocycles. The predicted molar refractivity (Wildman–Crippen MR) is 85.9 cm³/mol. The van der Waals surface area contributed by atoms with Crippen molar-refractivity contribution in [3.05, 3.63) is 65.2 Å². The van der Waals surface area contributed by atoms with Crippen molar-refractivity contribution in [2.24, 2.45) is 0 Å². The van der Waals surface area contributed by atoms with Crippen LogP contribution in [0.3, 0.4) is 0 Å². The molecule has 2 rings (SSSR count). The molecule has 0 heterocycles. The molecule has 14 heteroatoms. The molecule has 0 N–H and O–H groups in total. The van der Waals surface area contributed by atoms with Gasteiger partial charge in [0, 0.05) is 0 Å². The van der Waals surface area contributed by atoms with E-state index in [1.54, 1.807) is 0 Å². The van der Waals surface area contributed by atoms with Crippen LogP contribution >= 0.6 is 0 Å². The first-order valence-electron chi connectivity index (χ1n) is 7.18. The van der Waals surface area contributed by atoms with Crippen LogP contribution in [0, 0.1) is 0 Å². The molecule has 6 nitrogen and oxygen atoms in total. The zero-order valence-corrected chi connectivity index (χ0v) is 15.4. The van der Waals surface area contributed by atoms with Gasteiger partial charge in [0.15, 0.2) is 0 Å². The minimum Gasteiger partial charge on any atom is -0.359 e. The quantitative estimate of drug-likeness (QED) is 0.226. The van der Waals surface area contributed by atoms with Gasteiger partial charge in [-0.1, -0.05) is 12.1 Å². The molecule has 0 aliphatic heterocycles. The summed E-state index contributed by atoms with van der Waals surface area (Å²) in [5, 5.41) is 0. The molecular formula is C15H8F6N2O4S2. The summed E-state index contributed by atoms with van der Waals surface area (Å²) < 4.78 is 125. The Bertz CT molecular complexity index is 1120. The second-order valence-electron chi connectivity index (χ2n) is 5.42. The molecule has 2 aromatic rings. The van der Waals surface area contributed by atoms with Crippen LogP contribution in [0.4, 0.5) is 26.3 Å². The molecule has 2 aromatic carbocycles. The average Bonchev–Trinajstić information content (AvgIpc) is 2.60. The summed E-state index contributed by atoms with van der Waals surface area (Å²) >= 11 is 0. The highest BCUT2D eigenvalue weighted by atomic mass is 32.3. The Kier molecular flexibility index (Phi) is 5.67. The van der Waals surface area contributed by atoms with E-state index in [1.807, 2.05) is 0 Å². The Morgan fingerprint density at radius 2 is 1.07 bits per heavy atom. The summed E-state index contributed by atoms with van der Waals surface area (Å²) in [6.45, 7) is 0. The molecule has 0 aliphatic carbocycles. The third kappa shape index (κ3) is 4.49. The van der Waals surface area contributed by atoms with Crippen LogP contribution in [0.25, 0.3) is 5.53 Å². The number of sulfone groups is 2. The van der Waals surface area contributed by atoms with Gasteiger partial charge in [0.1, 0.15) is 0 Å². The highest BCUT2D eigenvalue weighted by molar-refractivity contribution is 8.31. The first-order chi connectivity index (χ1) is 13.1. The van der Waals surface area contributed by atoms with Crippen molar-refractivity contribution >= 4 is 24.1 Å². The minimum absolute atomic E-state index is 0.0994. The van der Waals surface area contributed by atoms with E-state index in [2.05, 4.69) is 4.79 Å². The summed E-state index contributed by atoms with van der Waals surface area (Å²) in [6.07, 6.45) is -9.94. The highest BCUT2D eigenvalue weighted by Gasteiger charge is 2.45. The Morgan fingerprint density at radius 3 is 1.34 bits per heavy atom. The van der Waals surface area contributed by atoms with Gasteiger partial charge in [-0.25, -0.2) is 16.8 Å². The number of halogens is 6. The lowest BCUT2D eigenvalue weighted by molar-refractivity contribution is -0.138. The Hall–Kier alpha value is -2.70. The molecule has 29 heavy (non-hydrogen) atoms. The number of alkyl halides is 6. The molecule has 0 saturated carbocycles. The van der Waals surface area contributed by atoms with Crippen LogP contribution < -0.4 is 0 Å². The highest BCUT2D eigenvalue weighted by Crippen LogP contribution is 2.33. The molecule has 0 aromatic heterocycles. The molecule has 0 spiro atoms. The summed E-state index contributed by atoms with van der Waals surface area (Å²) in [6, 6.07) is 3.77. The minimum atomic E-state index is -5.36. The summed E-state index contributed by atoms with van der Waals surface area (Å²) in [4.78, 5) is -0.223. The Balaban J connectivity index is 2.66. The van der Waals surface area contributed by atoms with Crippen LogP contribution in [0.2, 0.25) is 0 Å². The Morgan fingerprint density at radius 1 is 0.724 bits per heavy atom. The maximum atomic E-state index is 12.8. The first-order valence-corrected chi connectivity index (χ1v) is 10.1. The van der Waals surface area contributed by atoms with Gasteiger partial charge in [-0.2, -0.15) is 26.3 Å². The maximum Gasteiger partial charge on any atom is 0.504 e.